The Kier molecular flexibility index (Phi) is 15.5. The lowest BCUT2D eigenvalue weighted by Gasteiger charge is -2.18. The molecule has 1 atom stereocenters. The highest BCUT2D eigenvalue weighted by Crippen LogP contribution is 2.39. The topological polar surface area (TPSA) is 167 Å². The Morgan fingerprint density at radius 1 is 0.860 bits per heavy atom. The summed E-state index contributed by atoms with van der Waals surface area (Å²) in [4.78, 5) is 10.8. The van der Waals surface area contributed by atoms with Crippen molar-refractivity contribution in [3.8, 4) is 39.8 Å². The van der Waals surface area contributed by atoms with Crippen molar-refractivity contribution in [1.82, 2.24) is 19.2 Å². The minimum absolute atomic E-state index is 0.0567. The molecule has 0 radical (unpaired) electrons. The number of ether oxygens (including phenoxy) is 6. The Morgan fingerprint density at radius 3 is 2.35 bits per heavy atom. The van der Waals surface area contributed by atoms with Crippen LogP contribution in [-0.4, -0.2) is 107 Å². The summed E-state index contributed by atoms with van der Waals surface area (Å²) in [5, 5.41) is 10.2. The van der Waals surface area contributed by atoms with Crippen LogP contribution in [0.3, 0.4) is 0 Å². The van der Waals surface area contributed by atoms with Gasteiger partial charge in [-0.15, -0.1) is 0 Å². The summed E-state index contributed by atoms with van der Waals surface area (Å²) in [6.07, 6.45) is 4.08. The number of likely N-dealkylation sites (tertiary alicyclic amines) is 1. The molecule has 3 aromatic carbocycles. The van der Waals surface area contributed by atoms with E-state index in [4.69, 9.17) is 33.4 Å². The maximum atomic E-state index is 13.0. The molecule has 1 N–H and O–H groups in total. The molecule has 1 fully saturated rings. The Balaban J connectivity index is 1.10. The molecule has 0 aliphatic carbocycles. The SMILES string of the molecule is COCCOCCOCCOCCO[C@@H]1CCN(Cc2cc(-c3cc(-c4cccc(C)c4)ccc3Oc3ccc(S(=O)(=O)Nc4ncns4)cc3C#N)ccn2)C1. The quantitative estimate of drug-likeness (QED) is 0.0772. The number of pyridine rings is 1. The average molecular weight is 815 g/mol. The van der Waals surface area contributed by atoms with Gasteiger partial charge in [0.25, 0.3) is 10.0 Å². The highest BCUT2D eigenvalue weighted by atomic mass is 32.2. The van der Waals surface area contributed by atoms with E-state index in [9.17, 15) is 13.7 Å². The second-order valence-electron chi connectivity index (χ2n) is 13.2. The van der Waals surface area contributed by atoms with Crippen molar-refractivity contribution in [2.45, 2.75) is 30.9 Å². The van der Waals surface area contributed by atoms with Gasteiger partial charge < -0.3 is 28.4 Å². The van der Waals surface area contributed by atoms with Gasteiger partial charge in [-0.3, -0.25) is 14.6 Å². The zero-order valence-electron chi connectivity index (χ0n) is 32.0. The molecule has 0 bridgehead atoms. The summed E-state index contributed by atoms with van der Waals surface area (Å²) in [6, 6.07) is 24.4. The number of hydrogen-bond acceptors (Lipinski definition) is 14. The number of nitrogens with zero attached hydrogens (tertiary/aromatic N) is 5. The summed E-state index contributed by atoms with van der Waals surface area (Å²) in [6.45, 7) is 8.57. The molecule has 0 spiro atoms. The van der Waals surface area contributed by atoms with E-state index in [1.807, 2.05) is 24.3 Å². The molecule has 0 unspecified atom stereocenters. The Labute approximate surface area is 337 Å². The van der Waals surface area contributed by atoms with Crippen LogP contribution in [-0.2, 0) is 40.3 Å². The average Bonchev–Trinajstić information content (AvgIpc) is 3.90. The molecule has 14 nitrogen and oxygen atoms in total. The molecule has 300 valence electrons. The van der Waals surface area contributed by atoms with E-state index < -0.39 is 10.0 Å². The van der Waals surface area contributed by atoms with Crippen molar-refractivity contribution in [3.63, 3.8) is 0 Å². The number of benzene rings is 3. The standard InChI is InChI=1S/C41H46N6O8S2/c1-30-4-3-5-31(22-30)32-6-8-40(55-39-9-7-37(24-34(39)26-42)57(48,49)46-41-44-29-45-56-41)38(25-32)33-10-12-43-35(23-33)27-47-13-11-36(28-47)54-21-20-53-19-18-52-17-16-51-15-14-50-2/h3-10,12,22-25,29,36H,11,13-21,27-28H2,1-2H3,(H,44,45,46)/t36-/m1/s1. The lowest BCUT2D eigenvalue weighted by molar-refractivity contribution is -0.0194. The van der Waals surface area contributed by atoms with Crippen LogP contribution < -0.4 is 9.46 Å². The molecular formula is C41H46N6O8S2. The first-order valence-electron chi connectivity index (χ1n) is 18.6. The van der Waals surface area contributed by atoms with Gasteiger partial charge in [0.1, 0.15) is 23.9 Å². The zero-order valence-corrected chi connectivity index (χ0v) is 33.6. The molecule has 16 heteroatoms. The number of anilines is 1. The molecule has 1 saturated heterocycles. The van der Waals surface area contributed by atoms with Gasteiger partial charge in [-0.2, -0.15) is 9.64 Å². The van der Waals surface area contributed by atoms with Crippen molar-refractivity contribution >= 4 is 26.7 Å². The van der Waals surface area contributed by atoms with Crippen LogP contribution in [0.5, 0.6) is 11.5 Å². The van der Waals surface area contributed by atoms with E-state index >= 15 is 0 Å². The predicted octanol–water partition coefficient (Wildman–Crippen LogP) is 6.33. The number of rotatable bonds is 22. The number of aryl methyl sites for hydroxylation is 1. The largest absolute Gasteiger partial charge is 0.455 e. The van der Waals surface area contributed by atoms with Crippen molar-refractivity contribution < 1.29 is 36.8 Å². The van der Waals surface area contributed by atoms with Gasteiger partial charge in [-0.25, -0.2) is 13.4 Å². The Morgan fingerprint density at radius 2 is 1.61 bits per heavy atom. The fourth-order valence-corrected chi connectivity index (χ4v) is 7.89. The van der Waals surface area contributed by atoms with Crippen LogP contribution in [0.4, 0.5) is 5.13 Å². The summed E-state index contributed by atoms with van der Waals surface area (Å²) in [5.41, 5.74) is 5.80. The van der Waals surface area contributed by atoms with Crippen LogP contribution >= 0.6 is 11.5 Å². The first-order chi connectivity index (χ1) is 27.8. The van der Waals surface area contributed by atoms with Gasteiger partial charge in [-0.05, 0) is 72.5 Å². The molecule has 6 rings (SSSR count). The highest BCUT2D eigenvalue weighted by Gasteiger charge is 2.24. The molecule has 0 saturated carbocycles. The van der Waals surface area contributed by atoms with Gasteiger partial charge in [0.05, 0.1) is 75.1 Å². The summed E-state index contributed by atoms with van der Waals surface area (Å²) in [7, 11) is -2.37. The second-order valence-corrected chi connectivity index (χ2v) is 15.6. The van der Waals surface area contributed by atoms with Crippen molar-refractivity contribution in [2.75, 3.05) is 77.8 Å². The number of aromatic nitrogens is 3. The third kappa shape index (κ3) is 12.3. The first-order valence-corrected chi connectivity index (χ1v) is 20.8. The molecule has 3 heterocycles. The molecule has 5 aromatic rings. The molecule has 1 aliphatic rings. The lowest BCUT2D eigenvalue weighted by atomic mass is 9.97. The number of nitriles is 1. The Bertz CT molecular complexity index is 2200. The van der Waals surface area contributed by atoms with E-state index in [2.05, 4.69) is 62.3 Å². The van der Waals surface area contributed by atoms with Crippen LogP contribution in [0.1, 0.15) is 23.2 Å². The number of nitrogens with one attached hydrogen (secondary N) is 1. The maximum absolute atomic E-state index is 13.0. The van der Waals surface area contributed by atoms with Crippen molar-refractivity contribution in [3.05, 3.63) is 102 Å². The van der Waals surface area contributed by atoms with Crippen LogP contribution in [0.25, 0.3) is 22.3 Å². The summed E-state index contributed by atoms with van der Waals surface area (Å²) in [5.74, 6) is 0.714. The number of hydrogen-bond donors (Lipinski definition) is 1. The first kappa shape index (κ1) is 41.8. The van der Waals surface area contributed by atoms with E-state index in [1.54, 1.807) is 13.3 Å². The maximum Gasteiger partial charge on any atom is 0.263 e. The van der Waals surface area contributed by atoms with Gasteiger partial charge in [-0.1, -0.05) is 35.9 Å². The van der Waals surface area contributed by atoms with Crippen molar-refractivity contribution in [2.24, 2.45) is 0 Å². The number of sulfonamides is 1. The highest BCUT2D eigenvalue weighted by molar-refractivity contribution is 7.93. The molecular weight excluding hydrogens is 769 g/mol. The molecule has 1 aliphatic heterocycles. The van der Waals surface area contributed by atoms with Crippen LogP contribution in [0.15, 0.2) is 90.2 Å². The predicted molar refractivity (Wildman–Crippen MR) is 216 cm³/mol. The van der Waals surface area contributed by atoms with E-state index in [0.29, 0.717) is 65.1 Å². The smallest absolute Gasteiger partial charge is 0.263 e. The third-order valence-electron chi connectivity index (χ3n) is 9.01. The Hall–Kier alpha value is -4.83. The fourth-order valence-electron chi connectivity index (χ4n) is 6.21. The minimum Gasteiger partial charge on any atom is -0.455 e. The van der Waals surface area contributed by atoms with Crippen LogP contribution in [0.2, 0.25) is 0 Å². The number of methoxy groups -OCH3 is 1. The van der Waals surface area contributed by atoms with Gasteiger partial charge in [0.15, 0.2) is 0 Å². The summed E-state index contributed by atoms with van der Waals surface area (Å²) < 4.78 is 66.3. The van der Waals surface area contributed by atoms with Gasteiger partial charge in [0.2, 0.25) is 5.13 Å². The monoisotopic (exact) mass is 814 g/mol. The van der Waals surface area contributed by atoms with Gasteiger partial charge >= 0.3 is 0 Å². The normalized spacial score (nSPS) is 14.4. The lowest BCUT2D eigenvalue weighted by Crippen LogP contribution is -2.24. The van der Waals surface area contributed by atoms with Crippen molar-refractivity contribution in [1.29, 1.82) is 5.26 Å². The molecule has 2 aromatic heterocycles. The zero-order chi connectivity index (χ0) is 39.9. The van der Waals surface area contributed by atoms with Gasteiger partial charge in [0, 0.05) is 50.0 Å². The van der Waals surface area contributed by atoms with E-state index in [0.717, 1.165) is 64.6 Å². The van der Waals surface area contributed by atoms with Crippen LogP contribution in [0, 0.1) is 18.3 Å². The fraction of sp³-hybridized carbons (Fsp3) is 0.366. The van der Waals surface area contributed by atoms with E-state index in [-0.39, 0.29) is 27.4 Å². The molecule has 0 amide bonds. The summed E-state index contributed by atoms with van der Waals surface area (Å²) >= 11 is 0.911. The second kappa shape index (κ2) is 21.1. The third-order valence-corrected chi connectivity index (χ3v) is 11.1. The molecule has 57 heavy (non-hydrogen) atoms. The minimum atomic E-state index is -4.01. The van der Waals surface area contributed by atoms with E-state index in [1.165, 1.54) is 24.5 Å².